The first-order valence-corrected chi connectivity index (χ1v) is 12.8. The SMILES string of the molecule is CCCCC1=CC[C-]=C1.C[Si](C)=[Zr+2].[C-]1=CC=CC1.[Cl-].[Cl-]. The van der Waals surface area contributed by atoms with Crippen LogP contribution in [-0.4, -0.2) is 5.43 Å². The summed E-state index contributed by atoms with van der Waals surface area (Å²) in [4.78, 5) is 0. The molecule has 0 unspecified atom stereocenters. The first-order chi connectivity index (χ1) is 8.66. The van der Waals surface area contributed by atoms with Gasteiger partial charge in [-0.3, -0.25) is 12.2 Å². The number of rotatable bonds is 3. The fourth-order valence-corrected chi connectivity index (χ4v) is 1.33. The minimum atomic E-state index is 0. The number of allylic oxidation sites excluding steroid dienone is 8. The van der Waals surface area contributed by atoms with Crippen molar-refractivity contribution in [3.05, 3.63) is 48.1 Å². The van der Waals surface area contributed by atoms with Crippen molar-refractivity contribution < 1.29 is 48.1 Å². The van der Waals surface area contributed by atoms with Crippen LogP contribution < -0.4 is 24.8 Å². The normalized spacial score (nSPS) is 13.2. The Kier molecular flexibility index (Phi) is 25.1. The molecule has 0 radical (unpaired) electrons. The quantitative estimate of drug-likeness (QED) is 0.415. The summed E-state index contributed by atoms with van der Waals surface area (Å²) in [6, 6.07) is 0. The first-order valence-electron chi connectivity index (χ1n) is 6.66. The standard InChI is InChI=1S/C9H13.C5H5.C2H6Si.2ClH.Zr/c1-2-3-6-9-7-4-5-8-9;1-2-4-5-3-1;1-3-2;;;/h7-8H,2-4,6H2,1H3;1-3H,4H2;1-2H3;2*1H;/q2*-1;;;;+2/p-2. The van der Waals surface area contributed by atoms with E-state index >= 15 is 0 Å². The zero-order chi connectivity index (χ0) is 13.6. The molecule has 2 rings (SSSR count). The summed E-state index contributed by atoms with van der Waals surface area (Å²) in [7, 11) is 0. The van der Waals surface area contributed by atoms with Gasteiger partial charge >= 0.3 is 41.9 Å². The third kappa shape index (κ3) is 20.9. The van der Waals surface area contributed by atoms with E-state index in [2.05, 4.69) is 50.4 Å². The largest absolute Gasteiger partial charge is 1.00 e. The Balaban J connectivity index is -0.000000228. The van der Waals surface area contributed by atoms with Gasteiger partial charge in [0.25, 0.3) is 0 Å². The van der Waals surface area contributed by atoms with Crippen LogP contribution in [0, 0.1) is 12.2 Å². The van der Waals surface area contributed by atoms with Gasteiger partial charge in [-0.1, -0.05) is 26.2 Å². The van der Waals surface area contributed by atoms with E-state index in [-0.39, 0.29) is 30.2 Å². The number of unbranched alkanes of at least 4 members (excludes halogenated alkanes) is 1. The maximum absolute atomic E-state index is 3.16. The number of hydrogen-bond donors (Lipinski definition) is 0. The second kappa shape index (κ2) is 19.6. The van der Waals surface area contributed by atoms with Gasteiger partial charge in [-0.25, -0.2) is 23.8 Å². The molecule has 0 aromatic carbocycles. The maximum Gasteiger partial charge on any atom is -0.109 e. The molecule has 0 bridgehead atoms. The molecule has 112 valence electrons. The van der Waals surface area contributed by atoms with Crippen LogP contribution in [0.4, 0.5) is 0 Å². The van der Waals surface area contributed by atoms with E-state index in [1.807, 2.05) is 12.2 Å². The molecule has 0 aromatic heterocycles. The van der Waals surface area contributed by atoms with E-state index < -0.39 is 0 Å². The van der Waals surface area contributed by atoms with Crippen LogP contribution in [0.3, 0.4) is 0 Å². The fourth-order valence-electron chi connectivity index (χ4n) is 1.33. The Morgan fingerprint density at radius 1 is 1.20 bits per heavy atom. The summed E-state index contributed by atoms with van der Waals surface area (Å²) in [5, 5.41) is 0. The Hall–Kier alpha value is 0.640. The van der Waals surface area contributed by atoms with Crippen LogP contribution in [0.5, 0.6) is 0 Å². The Morgan fingerprint density at radius 3 is 2.15 bits per heavy atom. The van der Waals surface area contributed by atoms with Crippen molar-refractivity contribution in [3.8, 4) is 0 Å². The van der Waals surface area contributed by atoms with Crippen molar-refractivity contribution in [3.63, 3.8) is 0 Å². The van der Waals surface area contributed by atoms with Gasteiger partial charge in [-0.15, -0.1) is 12.8 Å². The van der Waals surface area contributed by atoms with Crippen molar-refractivity contribution in [2.24, 2.45) is 0 Å². The van der Waals surface area contributed by atoms with Gasteiger partial charge < -0.3 is 24.8 Å². The maximum atomic E-state index is 3.16. The third-order valence-corrected chi connectivity index (χ3v) is 2.17. The van der Waals surface area contributed by atoms with Crippen molar-refractivity contribution in [2.45, 2.75) is 52.1 Å². The minimum Gasteiger partial charge on any atom is -1.00 e. The molecule has 2 aliphatic carbocycles. The zero-order valence-corrected chi connectivity index (χ0v) is 17.6. The van der Waals surface area contributed by atoms with E-state index in [1.54, 1.807) is 23.3 Å². The van der Waals surface area contributed by atoms with Crippen molar-refractivity contribution >= 4 is 5.43 Å². The molecule has 0 spiro atoms. The molecule has 0 saturated carbocycles. The van der Waals surface area contributed by atoms with Gasteiger partial charge in [-0.2, -0.15) is 12.2 Å². The van der Waals surface area contributed by atoms with Crippen LogP contribution in [-0.2, 0) is 23.3 Å². The predicted octanol–water partition coefficient (Wildman–Crippen LogP) is -1.04. The summed E-state index contributed by atoms with van der Waals surface area (Å²) in [5.41, 5.74) is 1.69. The van der Waals surface area contributed by atoms with Gasteiger partial charge in [-0.05, 0) is 0 Å². The molecule has 0 heterocycles. The van der Waals surface area contributed by atoms with Crippen LogP contribution in [0.15, 0.2) is 36.0 Å². The van der Waals surface area contributed by atoms with Crippen LogP contribution in [0.25, 0.3) is 0 Å². The van der Waals surface area contributed by atoms with Gasteiger partial charge in [0.05, 0.1) is 0 Å². The Bertz CT molecular complexity index is 330. The number of hydrogen-bond acceptors (Lipinski definition) is 0. The fraction of sp³-hybridized carbons (Fsp3) is 0.500. The molecule has 20 heavy (non-hydrogen) atoms. The van der Waals surface area contributed by atoms with Gasteiger partial charge in [0.1, 0.15) is 0 Å². The summed E-state index contributed by atoms with van der Waals surface area (Å²) in [5.74, 6) is 0. The molecule has 0 aromatic rings. The first kappa shape index (κ1) is 25.6. The summed E-state index contributed by atoms with van der Waals surface area (Å²) >= 11 is 1.74. The summed E-state index contributed by atoms with van der Waals surface area (Å²) in [6.45, 7) is 6.84. The molecule has 0 saturated heterocycles. The molecule has 0 atom stereocenters. The molecule has 0 nitrogen and oxygen atoms in total. The average molecular weight is 407 g/mol. The molecule has 0 N–H and O–H groups in total. The molecule has 0 fully saturated rings. The average Bonchev–Trinajstić information content (AvgIpc) is 3.01. The van der Waals surface area contributed by atoms with Gasteiger partial charge in [0.15, 0.2) is 0 Å². The molecule has 0 aliphatic heterocycles. The van der Waals surface area contributed by atoms with Crippen molar-refractivity contribution in [1.29, 1.82) is 0 Å². The topological polar surface area (TPSA) is 0 Å². The van der Waals surface area contributed by atoms with E-state index in [0.29, 0.717) is 0 Å². The van der Waals surface area contributed by atoms with Crippen molar-refractivity contribution in [2.75, 3.05) is 0 Å². The smallest absolute Gasteiger partial charge is 0.109 e. The minimum absolute atomic E-state index is 0. The predicted molar refractivity (Wildman–Crippen MR) is 79.1 cm³/mol. The summed E-state index contributed by atoms with van der Waals surface area (Å²) in [6.07, 6.45) is 22.5. The van der Waals surface area contributed by atoms with E-state index in [1.165, 1.54) is 24.8 Å². The monoisotopic (exact) mass is 404 g/mol. The molecule has 4 heteroatoms. The van der Waals surface area contributed by atoms with E-state index in [9.17, 15) is 0 Å². The molecule has 2 aliphatic rings. The summed E-state index contributed by atoms with van der Waals surface area (Å²) < 4.78 is 0. The molecular formula is C16H24Cl2SiZr-2. The van der Waals surface area contributed by atoms with E-state index in [4.69, 9.17) is 0 Å². The van der Waals surface area contributed by atoms with E-state index in [0.717, 1.165) is 12.8 Å². The van der Waals surface area contributed by atoms with Crippen molar-refractivity contribution in [1.82, 2.24) is 0 Å². The zero-order valence-electron chi connectivity index (χ0n) is 12.7. The second-order valence-corrected chi connectivity index (χ2v) is 13.8. The van der Waals surface area contributed by atoms with Crippen LogP contribution >= 0.6 is 0 Å². The Labute approximate surface area is 153 Å². The van der Waals surface area contributed by atoms with Gasteiger partial charge in [0, 0.05) is 0 Å². The molecular weight excluding hydrogens is 382 g/mol. The van der Waals surface area contributed by atoms with Gasteiger partial charge in [0.2, 0.25) is 0 Å². The Morgan fingerprint density at radius 2 is 1.85 bits per heavy atom. The van der Waals surface area contributed by atoms with Crippen LogP contribution in [0.1, 0.15) is 39.0 Å². The molecule has 0 amide bonds. The number of halogens is 2. The van der Waals surface area contributed by atoms with Crippen LogP contribution in [0.2, 0.25) is 13.1 Å². The third-order valence-electron chi connectivity index (χ3n) is 2.17. The second-order valence-electron chi connectivity index (χ2n) is 4.44.